The first-order valence-corrected chi connectivity index (χ1v) is 5.19. The summed E-state index contributed by atoms with van der Waals surface area (Å²) in [5.41, 5.74) is -1.34. The Morgan fingerprint density at radius 1 is 1.59 bits per heavy atom. The number of carbonyl (C=O) groups excluding carboxylic acids is 1. The van der Waals surface area contributed by atoms with Gasteiger partial charge in [0.25, 0.3) is 6.43 Å². The molecule has 17 heavy (non-hydrogen) atoms. The van der Waals surface area contributed by atoms with E-state index in [1.54, 1.807) is 0 Å². The topological polar surface area (TPSA) is 59.2 Å². The Kier molecular flexibility index (Phi) is 4.62. The number of rotatable bonds is 4. The van der Waals surface area contributed by atoms with E-state index in [0.717, 1.165) is 6.20 Å². The van der Waals surface area contributed by atoms with Gasteiger partial charge in [-0.15, -0.1) is 11.6 Å². The van der Waals surface area contributed by atoms with Crippen LogP contribution in [-0.2, 0) is 21.8 Å². The second-order valence-electron chi connectivity index (χ2n) is 3.22. The number of hydrogen-bond donors (Lipinski definition) is 1. The van der Waals surface area contributed by atoms with E-state index < -0.39 is 23.5 Å². The smallest absolute Gasteiger partial charge is 0.310 e. The van der Waals surface area contributed by atoms with E-state index >= 15 is 0 Å². The van der Waals surface area contributed by atoms with E-state index in [1.807, 2.05) is 0 Å². The summed E-state index contributed by atoms with van der Waals surface area (Å²) in [7, 11) is 1.17. The van der Waals surface area contributed by atoms with Gasteiger partial charge < -0.3 is 9.72 Å². The highest BCUT2D eigenvalue weighted by atomic mass is 35.5. The molecule has 0 spiro atoms. The van der Waals surface area contributed by atoms with Crippen molar-refractivity contribution in [2.24, 2.45) is 0 Å². The van der Waals surface area contributed by atoms with Gasteiger partial charge >= 0.3 is 5.97 Å². The fourth-order valence-electron chi connectivity index (χ4n) is 1.32. The third-order valence-electron chi connectivity index (χ3n) is 2.21. The summed E-state index contributed by atoms with van der Waals surface area (Å²) in [5.74, 6) is -0.967. The molecule has 1 heterocycles. The van der Waals surface area contributed by atoms with Gasteiger partial charge in [-0.05, 0) is 0 Å². The predicted molar refractivity (Wildman–Crippen MR) is 57.3 cm³/mol. The second-order valence-corrected chi connectivity index (χ2v) is 3.49. The SMILES string of the molecule is COC(=O)Cc1c[nH]c(C(F)F)c(CCl)c1=O. The average molecular weight is 266 g/mol. The summed E-state index contributed by atoms with van der Waals surface area (Å²) in [5, 5.41) is 0. The molecule has 0 radical (unpaired) electrons. The Labute approximate surface area is 101 Å². The molecule has 0 atom stereocenters. The van der Waals surface area contributed by atoms with Gasteiger partial charge in [-0.3, -0.25) is 9.59 Å². The highest BCUT2D eigenvalue weighted by Gasteiger charge is 2.19. The van der Waals surface area contributed by atoms with Crippen LogP contribution in [0.4, 0.5) is 8.78 Å². The lowest BCUT2D eigenvalue weighted by Crippen LogP contribution is -2.21. The van der Waals surface area contributed by atoms with Gasteiger partial charge in [-0.25, -0.2) is 8.78 Å². The number of H-pyrrole nitrogens is 1. The van der Waals surface area contributed by atoms with Crippen molar-refractivity contribution in [3.63, 3.8) is 0 Å². The van der Waals surface area contributed by atoms with Crippen molar-refractivity contribution in [3.05, 3.63) is 33.2 Å². The van der Waals surface area contributed by atoms with Crippen LogP contribution in [0.2, 0.25) is 0 Å². The van der Waals surface area contributed by atoms with Gasteiger partial charge in [-0.2, -0.15) is 0 Å². The number of pyridine rings is 1. The molecule has 1 aromatic rings. The standard InChI is InChI=1S/C10H10ClF2NO3/c1-17-7(15)2-5-4-14-8(10(12)13)6(3-11)9(5)16/h4,10H,2-3H2,1H3,(H,14,16). The zero-order valence-corrected chi connectivity index (χ0v) is 9.68. The molecule has 0 aliphatic rings. The van der Waals surface area contributed by atoms with E-state index in [2.05, 4.69) is 9.72 Å². The minimum atomic E-state index is -2.82. The molecular formula is C10H10ClF2NO3. The Morgan fingerprint density at radius 2 is 2.24 bits per heavy atom. The normalized spacial score (nSPS) is 10.6. The first kappa shape index (κ1) is 13.6. The zero-order valence-electron chi connectivity index (χ0n) is 8.93. The maximum Gasteiger partial charge on any atom is 0.310 e. The Morgan fingerprint density at radius 3 is 2.71 bits per heavy atom. The fraction of sp³-hybridized carbons (Fsp3) is 0.400. The molecule has 1 rings (SSSR count). The van der Waals surface area contributed by atoms with Crippen LogP contribution in [0.15, 0.2) is 11.0 Å². The predicted octanol–water partition coefficient (Wildman–Crippen LogP) is 1.77. The Hall–Kier alpha value is -1.43. The molecule has 0 saturated heterocycles. The lowest BCUT2D eigenvalue weighted by atomic mass is 10.1. The van der Waals surface area contributed by atoms with Crippen LogP contribution < -0.4 is 5.43 Å². The van der Waals surface area contributed by atoms with E-state index in [-0.39, 0.29) is 23.4 Å². The molecule has 0 aliphatic heterocycles. The molecule has 0 unspecified atom stereocenters. The maximum atomic E-state index is 12.5. The summed E-state index contributed by atoms with van der Waals surface area (Å²) >= 11 is 5.45. The molecule has 94 valence electrons. The quantitative estimate of drug-likeness (QED) is 0.667. The molecule has 1 aromatic heterocycles. The van der Waals surface area contributed by atoms with Crippen LogP contribution >= 0.6 is 11.6 Å². The van der Waals surface area contributed by atoms with E-state index in [4.69, 9.17) is 11.6 Å². The first-order chi connectivity index (χ1) is 8.01. The summed E-state index contributed by atoms with van der Waals surface area (Å²) in [6.07, 6.45) is -2.01. The number of alkyl halides is 3. The molecule has 4 nitrogen and oxygen atoms in total. The molecule has 0 bridgehead atoms. The van der Waals surface area contributed by atoms with Gasteiger partial charge in [0, 0.05) is 17.3 Å². The number of esters is 1. The number of halogens is 3. The number of nitrogens with one attached hydrogen (secondary N) is 1. The van der Waals surface area contributed by atoms with Gasteiger partial charge in [-0.1, -0.05) is 0 Å². The number of aromatic nitrogens is 1. The fourth-order valence-corrected chi connectivity index (χ4v) is 1.59. The molecule has 7 heteroatoms. The molecule has 0 aromatic carbocycles. The molecule has 0 aliphatic carbocycles. The number of carbonyl (C=O) groups is 1. The van der Waals surface area contributed by atoms with E-state index in [1.165, 1.54) is 7.11 Å². The van der Waals surface area contributed by atoms with Crippen molar-refractivity contribution >= 4 is 17.6 Å². The zero-order chi connectivity index (χ0) is 13.0. The summed E-state index contributed by atoms with van der Waals surface area (Å²) in [4.78, 5) is 25.0. The molecule has 0 amide bonds. The molecule has 1 N–H and O–H groups in total. The highest BCUT2D eigenvalue weighted by molar-refractivity contribution is 6.17. The van der Waals surface area contributed by atoms with Gasteiger partial charge in [0.15, 0.2) is 5.43 Å². The molecule has 0 saturated carbocycles. The van der Waals surface area contributed by atoms with Crippen LogP contribution in [-0.4, -0.2) is 18.1 Å². The van der Waals surface area contributed by atoms with Crippen molar-refractivity contribution in [2.75, 3.05) is 7.11 Å². The monoisotopic (exact) mass is 265 g/mol. The van der Waals surface area contributed by atoms with Crippen LogP contribution in [0, 0.1) is 0 Å². The van der Waals surface area contributed by atoms with Crippen LogP contribution in [0.25, 0.3) is 0 Å². The summed E-state index contributed by atoms with van der Waals surface area (Å²) in [6.45, 7) is 0. The van der Waals surface area contributed by atoms with Crippen molar-refractivity contribution in [2.45, 2.75) is 18.7 Å². The lowest BCUT2D eigenvalue weighted by Gasteiger charge is -2.07. The largest absolute Gasteiger partial charge is 0.469 e. The Balaban J connectivity index is 3.20. The summed E-state index contributed by atoms with van der Waals surface area (Å²) < 4.78 is 29.5. The number of aromatic amines is 1. The first-order valence-electron chi connectivity index (χ1n) is 4.65. The Bertz CT molecular complexity index is 473. The maximum absolute atomic E-state index is 12.5. The van der Waals surface area contributed by atoms with Crippen molar-refractivity contribution in [1.82, 2.24) is 4.98 Å². The van der Waals surface area contributed by atoms with Crippen LogP contribution in [0.5, 0.6) is 0 Å². The highest BCUT2D eigenvalue weighted by Crippen LogP contribution is 2.20. The third-order valence-corrected chi connectivity index (χ3v) is 2.47. The number of ether oxygens (including phenoxy) is 1. The lowest BCUT2D eigenvalue weighted by molar-refractivity contribution is -0.139. The number of methoxy groups -OCH3 is 1. The number of hydrogen-bond acceptors (Lipinski definition) is 3. The third kappa shape index (κ3) is 3.03. The van der Waals surface area contributed by atoms with Crippen LogP contribution in [0.3, 0.4) is 0 Å². The molecule has 0 fully saturated rings. The van der Waals surface area contributed by atoms with E-state index in [9.17, 15) is 18.4 Å². The van der Waals surface area contributed by atoms with Crippen molar-refractivity contribution < 1.29 is 18.3 Å². The van der Waals surface area contributed by atoms with Gasteiger partial charge in [0.05, 0.1) is 25.1 Å². The summed E-state index contributed by atoms with van der Waals surface area (Å²) in [6, 6.07) is 0. The van der Waals surface area contributed by atoms with Gasteiger partial charge in [0.2, 0.25) is 0 Å². The van der Waals surface area contributed by atoms with Crippen molar-refractivity contribution in [3.8, 4) is 0 Å². The van der Waals surface area contributed by atoms with Crippen LogP contribution in [0.1, 0.15) is 23.2 Å². The van der Waals surface area contributed by atoms with Crippen molar-refractivity contribution in [1.29, 1.82) is 0 Å². The minimum absolute atomic E-state index is 0.0527. The molecular weight excluding hydrogens is 256 g/mol. The average Bonchev–Trinajstić information content (AvgIpc) is 2.30. The second kappa shape index (κ2) is 5.77. The minimum Gasteiger partial charge on any atom is -0.469 e. The van der Waals surface area contributed by atoms with E-state index in [0.29, 0.717) is 0 Å². The van der Waals surface area contributed by atoms with Gasteiger partial charge in [0.1, 0.15) is 0 Å².